The Hall–Kier alpha value is -3.53. The van der Waals surface area contributed by atoms with Crippen LogP contribution >= 0.6 is 23.1 Å². The molecule has 0 radical (unpaired) electrons. The van der Waals surface area contributed by atoms with Crippen molar-refractivity contribution in [1.82, 2.24) is 20.6 Å². The van der Waals surface area contributed by atoms with E-state index in [-0.39, 0.29) is 11.1 Å². The van der Waals surface area contributed by atoms with Gasteiger partial charge in [-0.05, 0) is 77.8 Å². The van der Waals surface area contributed by atoms with Crippen LogP contribution in [0.2, 0.25) is 0 Å². The number of fused-ring (bicyclic) bond motifs is 1. The summed E-state index contributed by atoms with van der Waals surface area (Å²) in [5.74, 6) is 0.892. The molecule has 2 amide bonds. The number of rotatable bonds is 7. The third kappa shape index (κ3) is 5.50. The molecular weight excluding hydrogens is 514 g/mol. The predicted octanol–water partition coefficient (Wildman–Crippen LogP) is 5.69. The van der Waals surface area contributed by atoms with Gasteiger partial charge in [-0.2, -0.15) is 0 Å². The number of hydrogen-bond acceptors (Lipinski definition) is 8. The van der Waals surface area contributed by atoms with Gasteiger partial charge in [0.15, 0.2) is 0 Å². The Labute approximate surface area is 229 Å². The second-order valence-corrected chi connectivity index (χ2v) is 11.5. The van der Waals surface area contributed by atoms with Crippen LogP contribution in [0, 0.1) is 5.92 Å². The fourth-order valence-corrected chi connectivity index (χ4v) is 6.59. The molecule has 0 aliphatic carbocycles. The summed E-state index contributed by atoms with van der Waals surface area (Å²) < 4.78 is 1.32. The van der Waals surface area contributed by atoms with Crippen LogP contribution in [0.1, 0.15) is 24.1 Å². The molecule has 0 bridgehead atoms. The van der Waals surface area contributed by atoms with Crippen LogP contribution in [0.25, 0.3) is 27.3 Å². The van der Waals surface area contributed by atoms with Crippen LogP contribution in [0.4, 0.5) is 10.7 Å². The van der Waals surface area contributed by atoms with Crippen molar-refractivity contribution in [2.75, 3.05) is 24.5 Å². The average Bonchev–Trinajstić information content (AvgIpc) is 3.51. The van der Waals surface area contributed by atoms with Crippen LogP contribution in [-0.4, -0.2) is 40.7 Å². The molecule has 2 saturated heterocycles. The van der Waals surface area contributed by atoms with E-state index in [2.05, 4.69) is 79.4 Å². The van der Waals surface area contributed by atoms with Crippen molar-refractivity contribution in [3.8, 4) is 11.1 Å². The van der Waals surface area contributed by atoms with E-state index in [1.54, 1.807) is 29.7 Å². The van der Waals surface area contributed by atoms with Gasteiger partial charge in [0, 0.05) is 41.5 Å². The first-order valence-corrected chi connectivity index (χ1v) is 14.4. The molecule has 2 aliphatic rings. The van der Waals surface area contributed by atoms with Gasteiger partial charge in [-0.1, -0.05) is 36.4 Å². The van der Waals surface area contributed by atoms with Gasteiger partial charge in [-0.15, -0.1) is 11.3 Å². The van der Waals surface area contributed by atoms with Gasteiger partial charge in [0.25, 0.3) is 11.1 Å². The minimum absolute atomic E-state index is 0.352. The second-order valence-electron chi connectivity index (χ2n) is 9.54. The molecular formula is C29H27N5O2S2. The molecule has 0 spiro atoms. The summed E-state index contributed by atoms with van der Waals surface area (Å²) in [6, 6.07) is 19.2. The lowest BCUT2D eigenvalue weighted by molar-refractivity contribution is -0.115. The molecule has 9 heteroatoms. The topological polar surface area (TPSA) is 87.2 Å². The van der Waals surface area contributed by atoms with Gasteiger partial charge in [0.1, 0.15) is 0 Å². The number of piperidine rings is 1. The number of carbonyl (C=O) groups excluding carboxylic acids is 2. The molecule has 38 heavy (non-hydrogen) atoms. The third-order valence-corrected chi connectivity index (χ3v) is 8.74. The Morgan fingerprint density at radius 3 is 2.79 bits per heavy atom. The van der Waals surface area contributed by atoms with E-state index >= 15 is 0 Å². The number of thiophene rings is 1. The first kappa shape index (κ1) is 24.8. The van der Waals surface area contributed by atoms with Crippen LogP contribution < -0.4 is 15.5 Å². The quantitative estimate of drug-likeness (QED) is 0.291. The number of hydrogen-bond donors (Lipinski definition) is 2. The summed E-state index contributed by atoms with van der Waals surface area (Å²) in [4.78, 5) is 34.8. The van der Waals surface area contributed by atoms with E-state index < -0.39 is 0 Å². The van der Waals surface area contributed by atoms with Crippen molar-refractivity contribution in [3.05, 3.63) is 82.3 Å². The third-order valence-electron chi connectivity index (χ3n) is 6.96. The lowest BCUT2D eigenvalue weighted by Gasteiger charge is -2.32. The summed E-state index contributed by atoms with van der Waals surface area (Å²) in [5, 5.41) is 9.16. The molecule has 2 N–H and O–H groups in total. The fraction of sp³-hybridized carbons (Fsp3) is 0.241. The molecule has 2 fully saturated rings. The number of aromatic nitrogens is 2. The Balaban J connectivity index is 1.01. The number of nitrogens with zero attached hydrogens (tertiary/aromatic N) is 3. The molecule has 2 aromatic carbocycles. The Morgan fingerprint density at radius 2 is 1.95 bits per heavy atom. The lowest BCUT2D eigenvalue weighted by atomic mass is 9.97. The van der Waals surface area contributed by atoms with E-state index in [4.69, 9.17) is 0 Å². The predicted molar refractivity (Wildman–Crippen MR) is 155 cm³/mol. The van der Waals surface area contributed by atoms with Crippen molar-refractivity contribution in [2.24, 2.45) is 5.92 Å². The summed E-state index contributed by atoms with van der Waals surface area (Å²) in [6.07, 6.45) is 5.47. The molecule has 0 saturated carbocycles. The van der Waals surface area contributed by atoms with E-state index in [0.29, 0.717) is 22.5 Å². The first-order valence-electron chi connectivity index (χ1n) is 12.7. The van der Waals surface area contributed by atoms with Crippen LogP contribution in [0.15, 0.2) is 71.1 Å². The van der Waals surface area contributed by atoms with Gasteiger partial charge in [0.2, 0.25) is 5.95 Å². The summed E-state index contributed by atoms with van der Waals surface area (Å²) in [5.41, 5.74) is 4.50. The molecule has 2 aromatic heterocycles. The molecule has 0 atom stereocenters. The van der Waals surface area contributed by atoms with Crippen molar-refractivity contribution < 1.29 is 9.59 Å². The van der Waals surface area contributed by atoms with Crippen molar-refractivity contribution in [3.63, 3.8) is 0 Å². The molecule has 192 valence electrons. The number of carbonyl (C=O) groups is 2. The number of imide groups is 1. The minimum Gasteiger partial charge on any atom is -0.341 e. The van der Waals surface area contributed by atoms with Gasteiger partial charge >= 0.3 is 0 Å². The normalized spacial score (nSPS) is 17.5. The van der Waals surface area contributed by atoms with Gasteiger partial charge < -0.3 is 10.2 Å². The Bertz CT molecular complexity index is 1520. The average molecular weight is 542 g/mol. The highest BCUT2D eigenvalue weighted by Gasteiger charge is 2.25. The SMILES string of the molecule is O=C1NC(=O)/C(=C/c2ccnc(N3CCC(CNCc4cccc(-c5csc6ccccc56)c4)CC3)n2)S1. The largest absolute Gasteiger partial charge is 0.341 e. The van der Waals surface area contributed by atoms with Crippen molar-refractivity contribution in [1.29, 1.82) is 0 Å². The van der Waals surface area contributed by atoms with E-state index in [0.717, 1.165) is 50.8 Å². The van der Waals surface area contributed by atoms with Gasteiger partial charge in [-0.25, -0.2) is 9.97 Å². The van der Waals surface area contributed by atoms with Crippen LogP contribution in [0.5, 0.6) is 0 Å². The highest BCUT2D eigenvalue weighted by Crippen LogP contribution is 2.34. The monoisotopic (exact) mass is 541 g/mol. The molecule has 7 nitrogen and oxygen atoms in total. The van der Waals surface area contributed by atoms with Gasteiger partial charge in [0.05, 0.1) is 10.6 Å². The van der Waals surface area contributed by atoms with E-state index in [9.17, 15) is 9.59 Å². The highest BCUT2D eigenvalue weighted by atomic mass is 32.2. The zero-order valence-electron chi connectivity index (χ0n) is 20.7. The Morgan fingerprint density at radius 1 is 1.08 bits per heavy atom. The van der Waals surface area contributed by atoms with Crippen molar-refractivity contribution >= 4 is 56.4 Å². The van der Waals surface area contributed by atoms with Crippen LogP contribution in [-0.2, 0) is 11.3 Å². The fourth-order valence-electron chi connectivity index (χ4n) is 4.96. The lowest BCUT2D eigenvalue weighted by Crippen LogP contribution is -2.38. The minimum atomic E-state index is -0.375. The second kappa shape index (κ2) is 11.1. The molecule has 6 rings (SSSR count). The molecule has 0 unspecified atom stereocenters. The molecule has 4 heterocycles. The number of benzene rings is 2. The molecule has 4 aromatic rings. The van der Waals surface area contributed by atoms with E-state index in [1.165, 1.54) is 26.8 Å². The smallest absolute Gasteiger partial charge is 0.290 e. The zero-order chi connectivity index (χ0) is 25.9. The first-order chi connectivity index (χ1) is 18.6. The van der Waals surface area contributed by atoms with Crippen molar-refractivity contribution in [2.45, 2.75) is 19.4 Å². The van der Waals surface area contributed by atoms with Crippen LogP contribution in [0.3, 0.4) is 0 Å². The summed E-state index contributed by atoms with van der Waals surface area (Å²) in [7, 11) is 0. The standard InChI is InChI=1S/C29H27N5O2S2/c35-27-26(38-29(36)33-27)15-22-8-11-31-28(32-22)34-12-9-19(10-13-34)16-30-17-20-4-3-5-21(14-20)24-18-37-25-7-2-1-6-23(24)25/h1-8,11,14-15,18-19,30H,9-10,12-13,16-17H2,(H,33,35,36)/b26-15-. The van der Waals surface area contributed by atoms with Gasteiger partial charge in [-0.3, -0.25) is 14.9 Å². The maximum Gasteiger partial charge on any atom is 0.290 e. The summed E-state index contributed by atoms with van der Waals surface area (Å²) in [6.45, 7) is 3.61. The number of thioether (sulfide) groups is 1. The van der Waals surface area contributed by atoms with E-state index in [1.807, 2.05) is 0 Å². The number of amides is 2. The zero-order valence-corrected chi connectivity index (χ0v) is 22.4. The number of anilines is 1. The maximum atomic E-state index is 11.8. The summed E-state index contributed by atoms with van der Waals surface area (Å²) >= 11 is 2.69. The maximum absolute atomic E-state index is 11.8. The highest BCUT2D eigenvalue weighted by molar-refractivity contribution is 8.18. The molecule has 2 aliphatic heterocycles. The number of nitrogens with one attached hydrogen (secondary N) is 2. The Kier molecular flexibility index (Phi) is 7.22.